The summed E-state index contributed by atoms with van der Waals surface area (Å²) < 4.78 is 2.03. The summed E-state index contributed by atoms with van der Waals surface area (Å²) in [5.74, 6) is 0. The Morgan fingerprint density at radius 1 is 0.730 bits per heavy atom. The molecule has 0 aliphatic rings. The second-order valence-electron chi connectivity index (χ2n) is 10.0. The number of nitrogens with zero attached hydrogens (tertiary/aromatic N) is 2. The molecule has 0 unspecified atom stereocenters. The zero-order valence-electron chi connectivity index (χ0n) is 24.3. The number of aliphatic imine (C=N–C) groups is 1. The van der Waals surface area contributed by atoms with Gasteiger partial charge in [-0.1, -0.05) is 0 Å². The number of rotatable bonds is 16. The number of aryl methyl sites for hydroxylation is 4. The predicted octanol–water partition coefficient (Wildman–Crippen LogP) is 9.97. The Morgan fingerprint density at radius 2 is 1.30 bits per heavy atom. The van der Waals surface area contributed by atoms with E-state index in [1.807, 2.05) is 3.66 Å². The Labute approximate surface area is 236 Å². The average Bonchev–Trinajstić information content (AvgIpc) is 2.90. The van der Waals surface area contributed by atoms with Crippen LogP contribution in [0.1, 0.15) is 115 Å². The second kappa shape index (κ2) is 17.5. The van der Waals surface area contributed by atoms with Crippen molar-refractivity contribution in [2.75, 3.05) is 0 Å². The molecule has 2 nitrogen and oxygen atoms in total. The van der Waals surface area contributed by atoms with Crippen LogP contribution in [0.5, 0.6) is 0 Å². The van der Waals surface area contributed by atoms with Gasteiger partial charge in [0.25, 0.3) is 0 Å². The zero-order chi connectivity index (χ0) is 27.0. The van der Waals surface area contributed by atoms with Crippen LogP contribution in [0, 0.1) is 0 Å². The Kier molecular flexibility index (Phi) is 14.8. The second-order valence-corrected chi connectivity index (χ2v) is 10.5. The number of unbranched alkanes of at least 4 members (excludes halogenated alkanes) is 1. The first-order valence-electron chi connectivity index (χ1n) is 14.8. The minimum atomic E-state index is 0.930. The van der Waals surface area contributed by atoms with Gasteiger partial charge in [-0.2, -0.15) is 0 Å². The number of hydrogen-bond acceptors (Lipinski definition) is 1. The standard InChI is InChI=1S/C34H50N2.Ni/c1-7-13-19-33(35-31-23-21-27(15-9-3)29(25-31)17-11-5)34(20-14-8-2)36-32-24-22-28(16-10-4)30(26-32)18-12-6;/h13,19,21-26H,7-12,14-18,20H2,1-6H3;/q;+1. The first-order valence-corrected chi connectivity index (χ1v) is 15.2. The Balaban J connectivity index is 2.67. The van der Waals surface area contributed by atoms with E-state index in [1.54, 1.807) is 0 Å². The van der Waals surface area contributed by atoms with Crippen molar-refractivity contribution in [2.45, 2.75) is 119 Å². The quantitative estimate of drug-likeness (QED) is 0.147. The molecule has 3 heteroatoms. The fraction of sp³-hybridized carbons (Fsp3) is 0.529. The first kappa shape index (κ1) is 31.2. The van der Waals surface area contributed by atoms with Gasteiger partial charge in [-0.05, 0) is 0 Å². The van der Waals surface area contributed by atoms with E-state index in [0.717, 1.165) is 87.0 Å². The van der Waals surface area contributed by atoms with E-state index in [-0.39, 0.29) is 0 Å². The molecule has 2 aromatic rings. The maximum atomic E-state index is 5.75. The average molecular weight is 545 g/mol. The van der Waals surface area contributed by atoms with Gasteiger partial charge in [0, 0.05) is 0 Å². The Morgan fingerprint density at radius 3 is 1.86 bits per heavy atom. The molecule has 0 heterocycles. The molecule has 0 aromatic heterocycles. The molecule has 0 spiro atoms. The van der Waals surface area contributed by atoms with Crippen molar-refractivity contribution >= 4 is 22.8 Å². The van der Waals surface area contributed by atoms with Gasteiger partial charge < -0.3 is 0 Å². The molecular weight excluding hydrogens is 495 g/mol. The van der Waals surface area contributed by atoms with Gasteiger partial charge in [0.15, 0.2) is 0 Å². The topological polar surface area (TPSA) is 15.4 Å². The number of hydrogen-bond donors (Lipinski definition) is 0. The summed E-state index contributed by atoms with van der Waals surface area (Å²) in [6.07, 6.45) is 17.6. The van der Waals surface area contributed by atoms with E-state index < -0.39 is 0 Å². The van der Waals surface area contributed by atoms with Crippen LogP contribution in [0.4, 0.5) is 11.4 Å². The van der Waals surface area contributed by atoms with Gasteiger partial charge in [-0.15, -0.1) is 0 Å². The van der Waals surface area contributed by atoms with Crippen LogP contribution in [0.2, 0.25) is 0 Å². The molecule has 205 valence electrons. The summed E-state index contributed by atoms with van der Waals surface area (Å²) in [5.41, 5.74) is 10.1. The van der Waals surface area contributed by atoms with Crippen LogP contribution in [0.3, 0.4) is 0 Å². The first-order chi connectivity index (χ1) is 18.0. The van der Waals surface area contributed by atoms with Crippen molar-refractivity contribution in [2.24, 2.45) is 4.99 Å². The molecule has 0 radical (unpaired) electrons. The van der Waals surface area contributed by atoms with Crippen molar-refractivity contribution in [1.82, 2.24) is 0 Å². The molecule has 2 aromatic carbocycles. The molecule has 0 saturated heterocycles. The van der Waals surface area contributed by atoms with Crippen molar-refractivity contribution in [1.29, 1.82) is 0 Å². The third-order valence-corrected chi connectivity index (χ3v) is 7.23. The fourth-order valence-corrected chi connectivity index (χ4v) is 5.18. The van der Waals surface area contributed by atoms with Crippen LogP contribution < -0.4 is 0 Å². The van der Waals surface area contributed by atoms with Gasteiger partial charge in [-0.3, -0.25) is 0 Å². The fourth-order valence-electron chi connectivity index (χ4n) is 4.82. The molecule has 0 aliphatic heterocycles. The summed E-state index contributed by atoms with van der Waals surface area (Å²) in [4.78, 5) is 5.24. The Bertz CT molecular complexity index is 1060. The van der Waals surface area contributed by atoms with Gasteiger partial charge in [0.05, 0.1) is 0 Å². The molecule has 0 bridgehead atoms. The molecule has 0 fully saturated rings. The van der Waals surface area contributed by atoms with Gasteiger partial charge in [0.1, 0.15) is 0 Å². The molecular formula is C34H50N2Ni+. The number of allylic oxidation sites excluding steroid dienone is 2. The monoisotopic (exact) mass is 544 g/mol. The third-order valence-electron chi connectivity index (χ3n) is 6.71. The molecule has 37 heavy (non-hydrogen) atoms. The minimum absolute atomic E-state index is 0.930. The summed E-state index contributed by atoms with van der Waals surface area (Å²) in [6, 6.07) is 13.6. The SMILES string of the molecule is CCC=CC(=Nc1ccc(CCC)c(CCC)c1)C(CCCC)=[N+]([Ni])c1ccc(CCC)c(CCC)c1. The van der Waals surface area contributed by atoms with Crippen LogP contribution in [0.15, 0.2) is 53.5 Å². The van der Waals surface area contributed by atoms with E-state index >= 15 is 0 Å². The van der Waals surface area contributed by atoms with Gasteiger partial charge in [0.2, 0.25) is 0 Å². The summed E-state index contributed by atoms with van der Waals surface area (Å²) in [6.45, 7) is 13.4. The molecule has 0 N–H and O–H groups in total. The van der Waals surface area contributed by atoms with E-state index in [4.69, 9.17) is 20.7 Å². The van der Waals surface area contributed by atoms with E-state index in [1.165, 1.54) is 35.1 Å². The predicted molar refractivity (Wildman–Crippen MR) is 160 cm³/mol. The maximum absolute atomic E-state index is 5.75. The van der Waals surface area contributed by atoms with Crippen LogP contribution in [-0.4, -0.2) is 15.1 Å². The molecule has 2 rings (SSSR count). The summed E-state index contributed by atoms with van der Waals surface area (Å²) in [7, 11) is 0. The summed E-state index contributed by atoms with van der Waals surface area (Å²) in [5, 5.41) is 0. The normalized spacial score (nSPS) is 12.9. The Hall–Kier alpha value is -1.99. The molecule has 0 aliphatic carbocycles. The van der Waals surface area contributed by atoms with Crippen molar-refractivity contribution in [3.63, 3.8) is 0 Å². The zero-order valence-corrected chi connectivity index (χ0v) is 25.3. The van der Waals surface area contributed by atoms with Gasteiger partial charge in [-0.25, -0.2) is 0 Å². The van der Waals surface area contributed by atoms with Crippen molar-refractivity contribution in [3.8, 4) is 0 Å². The van der Waals surface area contributed by atoms with Crippen molar-refractivity contribution < 1.29 is 19.3 Å². The van der Waals surface area contributed by atoms with Crippen LogP contribution in [0.25, 0.3) is 0 Å². The molecule has 0 amide bonds. The number of benzene rings is 2. The van der Waals surface area contributed by atoms with Crippen molar-refractivity contribution in [3.05, 3.63) is 70.8 Å². The van der Waals surface area contributed by atoms with Crippen LogP contribution in [-0.2, 0) is 41.4 Å². The van der Waals surface area contributed by atoms with Gasteiger partial charge >= 0.3 is 237 Å². The van der Waals surface area contributed by atoms with Crippen LogP contribution >= 0.6 is 0 Å². The molecule has 0 saturated carbocycles. The van der Waals surface area contributed by atoms with E-state index in [9.17, 15) is 0 Å². The third kappa shape index (κ3) is 9.68. The molecule has 0 atom stereocenters. The van der Waals surface area contributed by atoms with E-state index in [2.05, 4.69) is 90.1 Å². The van der Waals surface area contributed by atoms with E-state index in [0.29, 0.717) is 0 Å². The summed E-state index contributed by atoms with van der Waals surface area (Å²) >= 11 is 5.75.